The first-order valence-electron chi connectivity index (χ1n) is 12.2. The van der Waals surface area contributed by atoms with Crippen molar-refractivity contribution in [2.75, 3.05) is 18.0 Å². The number of nitro benzene ring substituents is 1. The number of rotatable bonds is 8. The molecular weight excluding hydrogens is 507 g/mol. The maximum Gasteiger partial charge on any atom is 0.435 e. The number of nitro groups is 1. The van der Waals surface area contributed by atoms with E-state index in [1.807, 2.05) is 37.8 Å². The molecule has 0 saturated carbocycles. The van der Waals surface area contributed by atoms with Crippen LogP contribution >= 0.6 is 11.6 Å². The van der Waals surface area contributed by atoms with Gasteiger partial charge in [-0.2, -0.15) is 13.2 Å². The van der Waals surface area contributed by atoms with Crippen LogP contribution in [0.3, 0.4) is 0 Å². The average Bonchev–Trinajstić information content (AvgIpc) is 3.19. The molecule has 0 fully saturated rings. The van der Waals surface area contributed by atoms with Crippen LogP contribution < -0.4 is 4.90 Å². The molecule has 0 N–H and O–H groups in total. The van der Waals surface area contributed by atoms with E-state index in [0.717, 1.165) is 23.1 Å². The van der Waals surface area contributed by atoms with Gasteiger partial charge in [-0.25, -0.2) is 4.98 Å². The van der Waals surface area contributed by atoms with Gasteiger partial charge in [0.2, 0.25) is 5.95 Å². The number of alkyl halides is 3. The molecular formula is C26H29ClF3N5O2. The summed E-state index contributed by atoms with van der Waals surface area (Å²) in [4.78, 5) is 18.3. The highest BCUT2D eigenvalue weighted by atomic mass is 35.5. The zero-order chi connectivity index (χ0) is 26.9. The molecule has 7 nitrogen and oxygen atoms in total. The Balaban J connectivity index is 1.73. The van der Waals surface area contributed by atoms with E-state index in [2.05, 4.69) is 4.98 Å². The molecule has 2 aromatic carbocycles. The predicted molar refractivity (Wildman–Crippen MR) is 137 cm³/mol. The molecule has 0 atom stereocenters. The van der Waals surface area contributed by atoms with Gasteiger partial charge in [-0.1, -0.05) is 36.7 Å². The molecule has 198 valence electrons. The maximum absolute atomic E-state index is 14.3. The lowest BCUT2D eigenvalue weighted by Crippen LogP contribution is -2.31. The van der Waals surface area contributed by atoms with E-state index in [1.54, 1.807) is 21.6 Å². The van der Waals surface area contributed by atoms with E-state index in [-0.39, 0.29) is 23.9 Å². The average molecular weight is 536 g/mol. The van der Waals surface area contributed by atoms with E-state index in [9.17, 15) is 23.3 Å². The molecule has 0 amide bonds. The third-order valence-electron chi connectivity index (χ3n) is 6.46. The molecule has 4 rings (SSSR count). The predicted octanol–water partition coefficient (Wildman–Crippen LogP) is 7.03. The second-order valence-electron chi connectivity index (χ2n) is 9.41. The van der Waals surface area contributed by atoms with Gasteiger partial charge in [0, 0.05) is 38.3 Å². The number of benzene rings is 2. The summed E-state index contributed by atoms with van der Waals surface area (Å²) in [5.41, 5.74) is 2.51. The van der Waals surface area contributed by atoms with Gasteiger partial charge in [-0.05, 0) is 56.0 Å². The molecule has 37 heavy (non-hydrogen) atoms. The van der Waals surface area contributed by atoms with E-state index < -0.39 is 16.8 Å². The Morgan fingerprint density at radius 1 is 1.14 bits per heavy atom. The number of halogens is 4. The maximum atomic E-state index is 14.3. The smallest absolute Gasteiger partial charge is 0.312 e. The highest BCUT2D eigenvalue weighted by Crippen LogP contribution is 2.41. The van der Waals surface area contributed by atoms with Crippen molar-refractivity contribution >= 4 is 28.9 Å². The minimum atomic E-state index is -4.62. The van der Waals surface area contributed by atoms with Crippen LogP contribution in [0.5, 0.6) is 0 Å². The summed E-state index contributed by atoms with van der Waals surface area (Å²) in [6.45, 7) is 7.67. The number of nitrogens with zero attached hydrogens (tertiary/aromatic N) is 5. The van der Waals surface area contributed by atoms with Crippen LogP contribution in [0.2, 0.25) is 5.02 Å². The lowest BCUT2D eigenvalue weighted by atomic mass is 10.1. The molecule has 0 bridgehead atoms. The number of hydrogen-bond acceptors (Lipinski definition) is 5. The standard InChI is InChI=1S/C26H29ClF3N5O2/c1-4-10-32(15-19-6-8-20(9-7-19)35(36)37)16-22-24(26(28,29)30)31-25-33(22)11-5-12-34(25)23-18(3)13-17(2)14-21(23)27/h6-9,13-14H,4-5,10-12,15-16H2,1-3H3. The van der Waals surface area contributed by atoms with Gasteiger partial charge in [0.25, 0.3) is 5.69 Å². The minimum absolute atomic E-state index is 0.0276. The van der Waals surface area contributed by atoms with Gasteiger partial charge < -0.3 is 9.47 Å². The van der Waals surface area contributed by atoms with Crippen molar-refractivity contribution in [2.24, 2.45) is 0 Å². The molecule has 3 aromatic rings. The summed E-state index contributed by atoms with van der Waals surface area (Å²) in [7, 11) is 0. The molecule has 0 saturated heterocycles. The Bertz CT molecular complexity index is 1270. The summed E-state index contributed by atoms with van der Waals surface area (Å²) in [5, 5.41) is 11.5. The second kappa shape index (κ2) is 10.7. The van der Waals surface area contributed by atoms with Crippen LogP contribution in [-0.2, 0) is 25.8 Å². The van der Waals surface area contributed by atoms with Crippen LogP contribution in [0.1, 0.15) is 47.8 Å². The molecule has 11 heteroatoms. The molecule has 0 unspecified atom stereocenters. The van der Waals surface area contributed by atoms with E-state index in [0.29, 0.717) is 43.3 Å². The Kier molecular flexibility index (Phi) is 7.80. The number of fused-ring (bicyclic) bond motifs is 1. The number of imidazole rings is 1. The molecule has 2 heterocycles. The normalized spacial score (nSPS) is 13.8. The summed E-state index contributed by atoms with van der Waals surface area (Å²) < 4.78 is 44.4. The number of anilines is 2. The van der Waals surface area contributed by atoms with E-state index >= 15 is 0 Å². The third-order valence-corrected chi connectivity index (χ3v) is 6.75. The first kappa shape index (κ1) is 26.9. The van der Waals surface area contributed by atoms with Gasteiger partial charge in [0.05, 0.1) is 21.3 Å². The summed E-state index contributed by atoms with van der Waals surface area (Å²) >= 11 is 6.57. The Hall–Kier alpha value is -3.11. The summed E-state index contributed by atoms with van der Waals surface area (Å²) in [5.74, 6) is 0.245. The number of hydrogen-bond donors (Lipinski definition) is 0. The minimum Gasteiger partial charge on any atom is -0.312 e. The third kappa shape index (κ3) is 5.75. The van der Waals surface area contributed by atoms with Crippen LogP contribution in [0.25, 0.3) is 0 Å². The quantitative estimate of drug-likeness (QED) is 0.229. The lowest BCUT2D eigenvalue weighted by Gasteiger charge is -2.32. The number of non-ortho nitro benzene ring substituents is 1. The van der Waals surface area contributed by atoms with Gasteiger partial charge in [-0.3, -0.25) is 15.0 Å². The van der Waals surface area contributed by atoms with Gasteiger partial charge in [0.15, 0.2) is 5.69 Å². The van der Waals surface area contributed by atoms with E-state index in [1.165, 1.54) is 12.1 Å². The molecule has 0 aliphatic carbocycles. The highest BCUT2D eigenvalue weighted by molar-refractivity contribution is 6.33. The fourth-order valence-electron chi connectivity index (χ4n) is 4.97. The van der Waals surface area contributed by atoms with Crippen LogP contribution in [0, 0.1) is 24.0 Å². The Morgan fingerprint density at radius 2 is 1.84 bits per heavy atom. The van der Waals surface area contributed by atoms with Crippen molar-refractivity contribution in [3.8, 4) is 0 Å². The van der Waals surface area contributed by atoms with Gasteiger partial charge in [0.1, 0.15) is 0 Å². The van der Waals surface area contributed by atoms with Crippen molar-refractivity contribution in [3.63, 3.8) is 0 Å². The van der Waals surface area contributed by atoms with Crippen LogP contribution in [0.4, 0.5) is 30.5 Å². The lowest BCUT2D eigenvalue weighted by molar-refractivity contribution is -0.384. The second-order valence-corrected chi connectivity index (χ2v) is 9.82. The van der Waals surface area contributed by atoms with Crippen molar-refractivity contribution in [1.82, 2.24) is 14.5 Å². The van der Waals surface area contributed by atoms with E-state index in [4.69, 9.17) is 11.6 Å². The molecule has 0 spiro atoms. The highest BCUT2D eigenvalue weighted by Gasteiger charge is 2.41. The van der Waals surface area contributed by atoms with Gasteiger partial charge >= 0.3 is 6.18 Å². The summed E-state index contributed by atoms with van der Waals surface area (Å²) in [6.07, 6.45) is -3.24. The van der Waals surface area contributed by atoms with Crippen molar-refractivity contribution in [3.05, 3.63) is 79.6 Å². The monoisotopic (exact) mass is 535 g/mol. The number of aryl methyl sites for hydroxylation is 2. The first-order chi connectivity index (χ1) is 17.5. The van der Waals surface area contributed by atoms with Crippen molar-refractivity contribution in [1.29, 1.82) is 0 Å². The largest absolute Gasteiger partial charge is 0.435 e. The molecule has 1 aliphatic rings. The van der Waals surface area contributed by atoms with Gasteiger partial charge in [-0.15, -0.1) is 0 Å². The topological polar surface area (TPSA) is 67.4 Å². The first-order valence-corrected chi connectivity index (χ1v) is 12.5. The Labute approximate surface area is 218 Å². The SMILES string of the molecule is CCCN(Cc1ccc([N+](=O)[O-])cc1)Cc1c(C(F)(F)F)nc2n1CCCN2c1c(C)cc(C)cc1Cl. The van der Waals surface area contributed by atoms with Crippen LogP contribution in [-0.4, -0.2) is 32.5 Å². The number of aromatic nitrogens is 2. The Morgan fingerprint density at radius 3 is 2.43 bits per heavy atom. The molecule has 1 aliphatic heterocycles. The fraction of sp³-hybridized carbons (Fsp3) is 0.423. The fourth-order valence-corrected chi connectivity index (χ4v) is 5.40. The van der Waals surface area contributed by atoms with Crippen molar-refractivity contribution < 1.29 is 18.1 Å². The zero-order valence-corrected chi connectivity index (χ0v) is 21.7. The van der Waals surface area contributed by atoms with Crippen LogP contribution in [0.15, 0.2) is 36.4 Å². The molecule has 0 radical (unpaired) electrons. The summed E-state index contributed by atoms with van der Waals surface area (Å²) in [6, 6.07) is 9.87. The molecule has 1 aromatic heterocycles. The zero-order valence-electron chi connectivity index (χ0n) is 21.0. The van der Waals surface area contributed by atoms with Crippen molar-refractivity contribution in [2.45, 2.75) is 59.4 Å².